The van der Waals surface area contributed by atoms with Gasteiger partial charge in [-0.15, -0.1) is 0 Å². The molecule has 2 rings (SSSR count). The van der Waals surface area contributed by atoms with Crippen molar-refractivity contribution in [3.8, 4) is 0 Å². The van der Waals surface area contributed by atoms with Crippen LogP contribution in [-0.2, 0) is 4.74 Å². The van der Waals surface area contributed by atoms with Crippen LogP contribution in [0, 0.1) is 0 Å². The summed E-state index contributed by atoms with van der Waals surface area (Å²) in [5, 5.41) is 0. The van der Waals surface area contributed by atoms with Crippen molar-refractivity contribution in [2.24, 2.45) is 0 Å². The summed E-state index contributed by atoms with van der Waals surface area (Å²) in [6, 6.07) is 18.1. The summed E-state index contributed by atoms with van der Waals surface area (Å²) in [5.74, 6) is 0. The molecule has 2 unspecified atom stereocenters. The first-order chi connectivity index (χ1) is 10.7. The molecule has 0 saturated heterocycles. The molecule has 0 N–H and O–H groups in total. The second-order valence-corrected chi connectivity index (χ2v) is 9.54. The molecule has 0 heterocycles. The van der Waals surface area contributed by atoms with Crippen molar-refractivity contribution >= 4 is 69.6 Å². The van der Waals surface area contributed by atoms with Gasteiger partial charge >= 0.3 is 0 Å². The molecule has 23 heavy (non-hydrogen) atoms. The summed E-state index contributed by atoms with van der Waals surface area (Å²) in [7, 11) is 0. The molecule has 0 aromatic heterocycles. The van der Waals surface area contributed by atoms with Gasteiger partial charge < -0.3 is 4.74 Å². The molecule has 0 aliphatic heterocycles. The fraction of sp³-hybridized carbons (Fsp3) is 0.250. The predicted octanol–water partition coefficient (Wildman–Crippen LogP) is 7.23. The minimum absolute atomic E-state index is 0.669. The first-order valence-electron chi connectivity index (χ1n) is 6.58. The van der Waals surface area contributed by atoms with Gasteiger partial charge in [0.05, 0.1) is 0 Å². The van der Waals surface area contributed by atoms with E-state index < -0.39 is 19.8 Å². The highest BCUT2D eigenvalue weighted by Crippen LogP contribution is 2.50. The molecular weight excluding hydrogens is 421 g/mol. The Morgan fingerprint density at radius 1 is 0.565 bits per heavy atom. The van der Waals surface area contributed by atoms with E-state index in [-0.39, 0.29) is 0 Å². The van der Waals surface area contributed by atoms with Gasteiger partial charge in [-0.2, -0.15) is 0 Å². The lowest BCUT2D eigenvalue weighted by Gasteiger charge is -2.33. The Morgan fingerprint density at radius 3 is 1.13 bits per heavy atom. The molecule has 0 aliphatic rings. The van der Waals surface area contributed by atoms with E-state index in [0.29, 0.717) is 11.1 Å². The summed E-state index contributed by atoms with van der Waals surface area (Å²) in [6.07, 6.45) is -1.82. The number of rotatable bonds is 4. The van der Waals surface area contributed by atoms with Gasteiger partial charge in [-0.3, -0.25) is 0 Å². The third-order valence-corrected chi connectivity index (χ3v) is 4.26. The zero-order valence-corrected chi connectivity index (χ0v) is 16.1. The number of halogens is 6. The zero-order valence-electron chi connectivity index (χ0n) is 11.6. The Labute approximate surface area is 165 Å². The van der Waals surface area contributed by atoms with Crippen LogP contribution in [0.4, 0.5) is 0 Å². The van der Waals surface area contributed by atoms with Gasteiger partial charge in [-0.1, -0.05) is 130 Å². The molecular formula is C16H12Cl6O. The van der Waals surface area contributed by atoms with Crippen molar-refractivity contribution < 1.29 is 4.74 Å². The molecule has 2 aromatic rings. The van der Waals surface area contributed by atoms with Crippen LogP contribution in [-0.4, -0.2) is 7.59 Å². The van der Waals surface area contributed by atoms with Crippen molar-refractivity contribution in [1.29, 1.82) is 0 Å². The Bertz CT molecular complexity index is 550. The lowest BCUT2D eigenvalue weighted by molar-refractivity contribution is -0.0112. The van der Waals surface area contributed by atoms with Crippen LogP contribution >= 0.6 is 69.6 Å². The first kappa shape index (κ1) is 19.5. The molecule has 0 amide bonds. The molecule has 0 fully saturated rings. The summed E-state index contributed by atoms with van der Waals surface area (Å²) in [4.78, 5) is 0. The fourth-order valence-corrected chi connectivity index (χ4v) is 3.15. The van der Waals surface area contributed by atoms with Crippen LogP contribution in [0.2, 0.25) is 0 Å². The van der Waals surface area contributed by atoms with E-state index >= 15 is 0 Å². The molecule has 0 radical (unpaired) electrons. The second-order valence-electron chi connectivity index (χ2n) is 4.80. The quantitative estimate of drug-likeness (QED) is 0.463. The molecule has 2 aromatic carbocycles. The molecule has 0 saturated carbocycles. The van der Waals surface area contributed by atoms with Gasteiger partial charge in [0.15, 0.2) is 0 Å². The number of alkyl halides is 6. The Morgan fingerprint density at radius 2 is 0.870 bits per heavy atom. The third kappa shape index (κ3) is 5.57. The number of ether oxygens (including phenoxy) is 1. The van der Waals surface area contributed by atoms with Crippen LogP contribution in [0.25, 0.3) is 0 Å². The fourth-order valence-electron chi connectivity index (χ4n) is 2.08. The SMILES string of the molecule is ClC(Cl)(Cl)C(OC(c1ccccc1)C(Cl)(Cl)Cl)c1ccccc1. The van der Waals surface area contributed by atoms with Crippen molar-refractivity contribution in [2.75, 3.05) is 0 Å². The minimum atomic E-state index is -1.73. The van der Waals surface area contributed by atoms with Crippen LogP contribution in [0.5, 0.6) is 0 Å². The van der Waals surface area contributed by atoms with E-state index in [9.17, 15) is 0 Å². The molecule has 7 heteroatoms. The second kappa shape index (κ2) is 8.01. The maximum Gasteiger partial charge on any atom is 0.220 e. The lowest BCUT2D eigenvalue weighted by atomic mass is 10.1. The highest BCUT2D eigenvalue weighted by molar-refractivity contribution is 6.68. The van der Waals surface area contributed by atoms with Gasteiger partial charge in [0.2, 0.25) is 7.59 Å². The van der Waals surface area contributed by atoms with Gasteiger partial charge in [-0.25, -0.2) is 0 Å². The minimum Gasteiger partial charge on any atom is -0.357 e. The average molecular weight is 433 g/mol. The Hall–Kier alpha value is 0.140. The van der Waals surface area contributed by atoms with Crippen LogP contribution in [0.15, 0.2) is 60.7 Å². The number of hydrogen-bond acceptors (Lipinski definition) is 1. The van der Waals surface area contributed by atoms with Crippen LogP contribution in [0.1, 0.15) is 23.3 Å². The van der Waals surface area contributed by atoms with Crippen molar-refractivity contribution in [2.45, 2.75) is 19.8 Å². The Balaban J connectivity index is 2.39. The lowest BCUT2D eigenvalue weighted by Crippen LogP contribution is -2.28. The largest absolute Gasteiger partial charge is 0.357 e. The molecule has 124 valence electrons. The van der Waals surface area contributed by atoms with E-state index in [1.807, 2.05) is 36.4 Å². The average Bonchev–Trinajstić information content (AvgIpc) is 2.47. The standard InChI is InChI=1S/C16H12Cl6O/c17-15(18,19)13(11-7-3-1-4-8-11)23-14(16(20,21)22)12-9-5-2-6-10-12/h1-10,13-14H. The van der Waals surface area contributed by atoms with Gasteiger partial charge in [-0.05, 0) is 11.1 Å². The molecule has 0 spiro atoms. The maximum absolute atomic E-state index is 6.09. The highest BCUT2D eigenvalue weighted by Gasteiger charge is 2.43. The normalized spacial score (nSPS) is 15.2. The smallest absolute Gasteiger partial charge is 0.220 e. The number of benzene rings is 2. The topological polar surface area (TPSA) is 9.23 Å². The molecule has 0 aliphatic carbocycles. The van der Waals surface area contributed by atoms with Gasteiger partial charge in [0, 0.05) is 0 Å². The van der Waals surface area contributed by atoms with E-state index in [0.717, 1.165) is 0 Å². The molecule has 1 nitrogen and oxygen atoms in total. The first-order valence-corrected chi connectivity index (χ1v) is 8.85. The van der Waals surface area contributed by atoms with Crippen molar-refractivity contribution in [1.82, 2.24) is 0 Å². The van der Waals surface area contributed by atoms with E-state index in [4.69, 9.17) is 74.3 Å². The van der Waals surface area contributed by atoms with E-state index in [1.165, 1.54) is 0 Å². The summed E-state index contributed by atoms with van der Waals surface area (Å²) in [5.41, 5.74) is 1.34. The van der Waals surface area contributed by atoms with Gasteiger partial charge in [0.25, 0.3) is 0 Å². The van der Waals surface area contributed by atoms with E-state index in [2.05, 4.69) is 0 Å². The van der Waals surface area contributed by atoms with Crippen LogP contribution in [0.3, 0.4) is 0 Å². The Kier molecular flexibility index (Phi) is 6.78. The molecule has 2 atom stereocenters. The summed E-state index contributed by atoms with van der Waals surface area (Å²) >= 11 is 36.6. The van der Waals surface area contributed by atoms with Crippen molar-refractivity contribution in [3.05, 3.63) is 71.8 Å². The van der Waals surface area contributed by atoms with Gasteiger partial charge in [0.1, 0.15) is 12.2 Å². The number of hydrogen-bond donors (Lipinski definition) is 0. The predicted molar refractivity (Wildman–Crippen MR) is 100 cm³/mol. The van der Waals surface area contributed by atoms with Crippen molar-refractivity contribution in [3.63, 3.8) is 0 Å². The maximum atomic E-state index is 6.09. The third-order valence-electron chi connectivity index (χ3n) is 3.07. The van der Waals surface area contributed by atoms with E-state index in [1.54, 1.807) is 24.3 Å². The summed E-state index contributed by atoms with van der Waals surface area (Å²) < 4.78 is 2.50. The van der Waals surface area contributed by atoms with Crippen LogP contribution < -0.4 is 0 Å². The molecule has 0 bridgehead atoms. The zero-order chi connectivity index (χ0) is 17.1. The monoisotopic (exact) mass is 430 g/mol. The summed E-state index contributed by atoms with van der Waals surface area (Å²) in [6.45, 7) is 0. The highest BCUT2D eigenvalue weighted by atomic mass is 35.6.